The van der Waals surface area contributed by atoms with Crippen molar-refractivity contribution in [2.45, 2.75) is 77.5 Å². The van der Waals surface area contributed by atoms with Crippen molar-refractivity contribution in [1.82, 2.24) is 0 Å². The van der Waals surface area contributed by atoms with E-state index in [1.165, 1.54) is 37.7 Å². The van der Waals surface area contributed by atoms with Gasteiger partial charge in [-0.3, -0.25) is 0 Å². The Kier molecular flexibility index (Phi) is 5.08. The zero-order valence-corrected chi connectivity index (χ0v) is 19.5. The van der Waals surface area contributed by atoms with Crippen molar-refractivity contribution in [3.05, 3.63) is 42.5 Å². The summed E-state index contributed by atoms with van der Waals surface area (Å²) in [5.74, 6) is 1.62. The molecular weight excluding hydrogens is 376 g/mol. The largest absolute Gasteiger partial charge is 0.224 e. The quantitative estimate of drug-likeness (QED) is 0.517. The molecule has 3 heteroatoms. The fourth-order valence-corrected chi connectivity index (χ4v) is 9.80. The Bertz CT molecular complexity index is 885. The van der Waals surface area contributed by atoms with Crippen molar-refractivity contribution in [2.24, 2.45) is 34.0 Å². The average molecular weight is 415 g/mol. The maximum absolute atomic E-state index is 13.3. The van der Waals surface area contributed by atoms with E-state index in [1.807, 2.05) is 18.2 Å². The van der Waals surface area contributed by atoms with Gasteiger partial charge in [0.25, 0.3) is 0 Å². The molecule has 5 atom stereocenters. The molecule has 3 saturated carbocycles. The molecule has 0 unspecified atom stereocenters. The molecule has 3 fully saturated rings. The Morgan fingerprint density at radius 1 is 0.931 bits per heavy atom. The van der Waals surface area contributed by atoms with Crippen molar-refractivity contribution in [2.75, 3.05) is 5.75 Å². The van der Waals surface area contributed by atoms with Gasteiger partial charge in [0.2, 0.25) is 0 Å². The third kappa shape index (κ3) is 3.32. The minimum atomic E-state index is -3.31. The topological polar surface area (TPSA) is 34.1 Å². The summed E-state index contributed by atoms with van der Waals surface area (Å²) in [4.78, 5) is 0.456. The van der Waals surface area contributed by atoms with Crippen LogP contribution in [-0.4, -0.2) is 14.2 Å². The number of allylic oxidation sites excluding steroid dienone is 1. The Labute approximate surface area is 178 Å². The smallest absolute Gasteiger partial charge is 0.178 e. The maximum atomic E-state index is 13.3. The number of benzene rings is 1. The molecule has 0 saturated heterocycles. The van der Waals surface area contributed by atoms with E-state index in [4.69, 9.17) is 0 Å². The molecule has 0 radical (unpaired) electrons. The minimum absolute atomic E-state index is 0.0376. The summed E-state index contributed by atoms with van der Waals surface area (Å²) in [5.41, 5.74) is 1.93. The van der Waals surface area contributed by atoms with Crippen molar-refractivity contribution in [1.29, 1.82) is 0 Å². The van der Waals surface area contributed by atoms with Gasteiger partial charge >= 0.3 is 0 Å². The van der Waals surface area contributed by atoms with Gasteiger partial charge in [0.1, 0.15) is 0 Å². The van der Waals surface area contributed by atoms with Crippen molar-refractivity contribution < 1.29 is 8.42 Å². The third-order valence-corrected chi connectivity index (χ3v) is 11.1. The lowest BCUT2D eigenvalue weighted by Crippen LogP contribution is -2.58. The molecule has 0 aromatic heterocycles. The second kappa shape index (κ2) is 6.97. The summed E-state index contributed by atoms with van der Waals surface area (Å²) < 4.78 is 26.6. The number of rotatable bonds is 3. The summed E-state index contributed by atoms with van der Waals surface area (Å²) in [7, 11) is -3.31. The van der Waals surface area contributed by atoms with Crippen LogP contribution in [0.5, 0.6) is 0 Å². The zero-order valence-electron chi connectivity index (χ0n) is 18.7. The van der Waals surface area contributed by atoms with E-state index in [0.717, 1.165) is 18.8 Å². The van der Waals surface area contributed by atoms with Gasteiger partial charge in [0.15, 0.2) is 9.84 Å². The SMILES string of the molecule is C=C1CC[C@H]2[C@@](C)(CC[C@H]3C(C)(C)CCC[C@]23C)[C@H]1CS(=O)(=O)c1ccccc1. The van der Waals surface area contributed by atoms with E-state index < -0.39 is 9.84 Å². The highest BCUT2D eigenvalue weighted by Gasteiger charge is 2.61. The summed E-state index contributed by atoms with van der Waals surface area (Å²) in [5, 5.41) is 0. The maximum Gasteiger partial charge on any atom is 0.178 e. The van der Waals surface area contributed by atoms with Gasteiger partial charge in [-0.2, -0.15) is 0 Å². The number of hydrogen-bond donors (Lipinski definition) is 0. The second-order valence-corrected chi connectivity index (χ2v) is 13.4. The van der Waals surface area contributed by atoms with E-state index in [1.54, 1.807) is 12.1 Å². The number of fused-ring (bicyclic) bond motifs is 3. The normalized spacial score (nSPS) is 39.4. The molecule has 0 bridgehead atoms. The molecule has 160 valence electrons. The van der Waals surface area contributed by atoms with Crippen LogP contribution in [0.25, 0.3) is 0 Å². The van der Waals surface area contributed by atoms with Gasteiger partial charge in [-0.15, -0.1) is 0 Å². The van der Waals surface area contributed by atoms with E-state index in [0.29, 0.717) is 21.6 Å². The standard InChI is InChI=1S/C26H38O2S/c1-19-12-13-23-25(4,17-14-22-24(2,3)15-9-16-26(22,23)5)21(19)18-29(27,28)20-10-7-6-8-11-20/h6-8,10-11,21-23H,1,9,12-18H2,2-5H3/t21-,22-,23-,25-,26-/m0/s1. The van der Waals surface area contributed by atoms with Gasteiger partial charge in [-0.05, 0) is 84.7 Å². The fourth-order valence-electron chi connectivity index (χ4n) is 7.98. The molecule has 1 aromatic carbocycles. The predicted octanol–water partition coefficient (Wildman–Crippen LogP) is 6.68. The first kappa shape index (κ1) is 21.2. The summed E-state index contributed by atoms with van der Waals surface area (Å²) >= 11 is 0. The van der Waals surface area contributed by atoms with Crippen LogP contribution in [0.2, 0.25) is 0 Å². The molecule has 0 aliphatic heterocycles. The molecule has 4 rings (SSSR count). The van der Waals surface area contributed by atoms with Crippen LogP contribution in [0.1, 0.15) is 72.6 Å². The van der Waals surface area contributed by atoms with Crippen molar-refractivity contribution in [3.8, 4) is 0 Å². The molecule has 3 aliphatic rings. The zero-order chi connectivity index (χ0) is 21.1. The lowest BCUT2D eigenvalue weighted by atomic mass is 9.39. The van der Waals surface area contributed by atoms with E-state index in [9.17, 15) is 8.42 Å². The minimum Gasteiger partial charge on any atom is -0.224 e. The third-order valence-electron chi connectivity index (χ3n) is 9.37. The first-order valence-corrected chi connectivity index (χ1v) is 13.1. The number of sulfone groups is 1. The predicted molar refractivity (Wildman–Crippen MR) is 120 cm³/mol. The lowest BCUT2D eigenvalue weighted by molar-refractivity contribution is -0.150. The Morgan fingerprint density at radius 3 is 2.31 bits per heavy atom. The van der Waals surface area contributed by atoms with E-state index in [-0.39, 0.29) is 17.1 Å². The second-order valence-electron chi connectivity index (χ2n) is 11.3. The van der Waals surface area contributed by atoms with E-state index in [2.05, 4.69) is 34.3 Å². The van der Waals surface area contributed by atoms with Gasteiger partial charge in [-0.25, -0.2) is 8.42 Å². The highest BCUT2D eigenvalue weighted by atomic mass is 32.2. The molecule has 29 heavy (non-hydrogen) atoms. The molecule has 0 amide bonds. The first-order valence-electron chi connectivity index (χ1n) is 11.5. The average Bonchev–Trinajstić information content (AvgIpc) is 2.64. The van der Waals surface area contributed by atoms with Crippen LogP contribution >= 0.6 is 0 Å². The summed E-state index contributed by atoms with van der Waals surface area (Å²) in [6.07, 6.45) is 8.46. The van der Waals surface area contributed by atoms with E-state index >= 15 is 0 Å². The molecule has 3 aliphatic carbocycles. The van der Waals surface area contributed by atoms with Crippen molar-refractivity contribution in [3.63, 3.8) is 0 Å². The molecule has 0 N–H and O–H groups in total. The lowest BCUT2D eigenvalue weighted by Gasteiger charge is -2.66. The van der Waals surface area contributed by atoms with Crippen LogP contribution in [0, 0.1) is 34.0 Å². The fraction of sp³-hybridized carbons (Fsp3) is 0.692. The summed E-state index contributed by atoms with van der Waals surface area (Å²) in [6.45, 7) is 14.3. The van der Waals surface area contributed by atoms with Crippen molar-refractivity contribution >= 4 is 9.84 Å². The molecule has 1 aromatic rings. The molecule has 2 nitrogen and oxygen atoms in total. The first-order chi connectivity index (χ1) is 13.5. The Hall–Kier alpha value is -1.09. The van der Waals surface area contributed by atoms with Crippen LogP contribution < -0.4 is 0 Å². The van der Waals surface area contributed by atoms with Gasteiger partial charge < -0.3 is 0 Å². The Balaban J connectivity index is 1.69. The molecule has 0 spiro atoms. The number of hydrogen-bond acceptors (Lipinski definition) is 2. The highest BCUT2D eigenvalue weighted by Crippen LogP contribution is 2.69. The molecule has 0 heterocycles. The van der Waals surface area contributed by atoms with Crippen LogP contribution in [-0.2, 0) is 9.84 Å². The Morgan fingerprint density at radius 2 is 1.62 bits per heavy atom. The van der Waals surface area contributed by atoms with Crippen LogP contribution in [0.15, 0.2) is 47.4 Å². The van der Waals surface area contributed by atoms with Gasteiger partial charge in [0.05, 0.1) is 10.6 Å². The highest BCUT2D eigenvalue weighted by molar-refractivity contribution is 7.91. The van der Waals surface area contributed by atoms with Crippen LogP contribution in [0.3, 0.4) is 0 Å². The van der Waals surface area contributed by atoms with Crippen LogP contribution in [0.4, 0.5) is 0 Å². The monoisotopic (exact) mass is 414 g/mol. The van der Waals surface area contributed by atoms with Gasteiger partial charge in [0, 0.05) is 0 Å². The van der Waals surface area contributed by atoms with Gasteiger partial charge in [-0.1, -0.05) is 64.5 Å². The summed E-state index contributed by atoms with van der Waals surface area (Å²) in [6, 6.07) is 9.00. The molecular formula is C26H38O2S.